The van der Waals surface area contributed by atoms with Gasteiger partial charge in [-0.15, -0.1) is 10.2 Å². The predicted octanol–water partition coefficient (Wildman–Crippen LogP) is 2.07. The number of aromatic nitrogens is 3. The number of thiophene rings is 1. The monoisotopic (exact) mass is 349 g/mol. The number of amides is 2. The molecule has 0 aliphatic carbocycles. The second-order valence-electron chi connectivity index (χ2n) is 5.92. The number of carbonyl (C=O) groups excluding carboxylic acids is 1. The van der Waals surface area contributed by atoms with Crippen molar-refractivity contribution in [2.75, 3.05) is 19.6 Å². The van der Waals surface area contributed by atoms with Gasteiger partial charge < -0.3 is 19.5 Å². The molecule has 1 N–H and O–H groups in total. The van der Waals surface area contributed by atoms with E-state index < -0.39 is 0 Å². The molecule has 1 aliphatic heterocycles. The zero-order valence-corrected chi connectivity index (χ0v) is 14.8. The summed E-state index contributed by atoms with van der Waals surface area (Å²) >= 11 is 1.65. The Labute approximate surface area is 145 Å². The maximum atomic E-state index is 12.5. The summed E-state index contributed by atoms with van der Waals surface area (Å²) in [4.78, 5) is 14.3. The standard InChI is InChI=1S/C16H23N5O2S/c1-3-15-19-18-11-20(15)6-5-17-16(22)21-8-12(2)23-14(9-21)13-4-7-24-10-13/h4,7,10-12,14H,3,5-6,8-9H2,1-2H3,(H,17,22)/t12-,14+/m1/s1. The van der Waals surface area contributed by atoms with Gasteiger partial charge in [-0.05, 0) is 29.3 Å². The fourth-order valence-electron chi connectivity index (χ4n) is 2.89. The molecule has 0 spiro atoms. The number of nitrogens with zero attached hydrogens (tertiary/aromatic N) is 4. The van der Waals surface area contributed by atoms with Crippen molar-refractivity contribution < 1.29 is 9.53 Å². The maximum absolute atomic E-state index is 12.5. The summed E-state index contributed by atoms with van der Waals surface area (Å²) < 4.78 is 7.94. The Morgan fingerprint density at radius 3 is 3.12 bits per heavy atom. The summed E-state index contributed by atoms with van der Waals surface area (Å²) in [6.07, 6.45) is 2.51. The number of carbonyl (C=O) groups is 1. The van der Waals surface area contributed by atoms with Gasteiger partial charge in [-0.2, -0.15) is 11.3 Å². The van der Waals surface area contributed by atoms with Crippen LogP contribution in [0.2, 0.25) is 0 Å². The summed E-state index contributed by atoms with van der Waals surface area (Å²) in [6, 6.07) is 2.01. The Hall–Kier alpha value is -1.93. The largest absolute Gasteiger partial charge is 0.367 e. The van der Waals surface area contributed by atoms with Crippen molar-refractivity contribution in [1.82, 2.24) is 25.0 Å². The lowest BCUT2D eigenvalue weighted by Gasteiger charge is -2.36. The molecule has 0 saturated carbocycles. The van der Waals surface area contributed by atoms with Gasteiger partial charge in [0.25, 0.3) is 0 Å². The first-order valence-corrected chi connectivity index (χ1v) is 9.18. The minimum atomic E-state index is -0.0460. The zero-order chi connectivity index (χ0) is 16.9. The first-order valence-electron chi connectivity index (χ1n) is 8.24. The zero-order valence-electron chi connectivity index (χ0n) is 14.0. The van der Waals surface area contributed by atoms with E-state index in [-0.39, 0.29) is 18.2 Å². The molecule has 24 heavy (non-hydrogen) atoms. The first-order chi connectivity index (χ1) is 11.7. The molecule has 0 radical (unpaired) electrons. The molecule has 0 aromatic carbocycles. The van der Waals surface area contributed by atoms with Crippen LogP contribution in [0, 0.1) is 0 Å². The molecule has 0 unspecified atom stereocenters. The van der Waals surface area contributed by atoms with Gasteiger partial charge in [-0.3, -0.25) is 0 Å². The molecule has 130 valence electrons. The molecule has 7 nitrogen and oxygen atoms in total. The number of morpholine rings is 1. The van der Waals surface area contributed by atoms with Gasteiger partial charge in [0.2, 0.25) is 0 Å². The number of hydrogen-bond acceptors (Lipinski definition) is 5. The van der Waals surface area contributed by atoms with E-state index >= 15 is 0 Å². The van der Waals surface area contributed by atoms with E-state index in [0.717, 1.165) is 17.8 Å². The Balaban J connectivity index is 1.52. The van der Waals surface area contributed by atoms with E-state index in [2.05, 4.69) is 27.0 Å². The quantitative estimate of drug-likeness (QED) is 0.897. The van der Waals surface area contributed by atoms with E-state index in [0.29, 0.717) is 26.2 Å². The minimum Gasteiger partial charge on any atom is -0.367 e. The van der Waals surface area contributed by atoms with Gasteiger partial charge in [0.15, 0.2) is 0 Å². The molecule has 1 aliphatic rings. The van der Waals surface area contributed by atoms with Crippen molar-refractivity contribution >= 4 is 17.4 Å². The second kappa shape index (κ2) is 7.76. The number of rotatable bonds is 5. The molecule has 2 amide bonds. The fraction of sp³-hybridized carbons (Fsp3) is 0.562. The van der Waals surface area contributed by atoms with Crippen molar-refractivity contribution in [2.24, 2.45) is 0 Å². The van der Waals surface area contributed by atoms with E-state index in [9.17, 15) is 4.79 Å². The fourth-order valence-corrected chi connectivity index (χ4v) is 3.60. The lowest BCUT2D eigenvalue weighted by molar-refractivity contribution is -0.0654. The van der Waals surface area contributed by atoms with Crippen LogP contribution < -0.4 is 5.32 Å². The normalized spacial score (nSPS) is 21.0. The van der Waals surface area contributed by atoms with E-state index in [1.807, 2.05) is 28.7 Å². The molecule has 1 saturated heterocycles. The van der Waals surface area contributed by atoms with Gasteiger partial charge in [0.05, 0.1) is 12.6 Å². The van der Waals surface area contributed by atoms with Crippen LogP contribution >= 0.6 is 11.3 Å². The van der Waals surface area contributed by atoms with Crippen LogP contribution in [0.4, 0.5) is 4.79 Å². The molecule has 1 fully saturated rings. The highest BCUT2D eigenvalue weighted by molar-refractivity contribution is 7.07. The number of nitrogens with one attached hydrogen (secondary N) is 1. The van der Waals surface area contributed by atoms with Crippen LogP contribution in [0.15, 0.2) is 23.2 Å². The molecule has 8 heteroatoms. The van der Waals surface area contributed by atoms with Crippen LogP contribution in [0.25, 0.3) is 0 Å². The molecular formula is C16H23N5O2S. The number of urea groups is 1. The van der Waals surface area contributed by atoms with E-state index in [1.54, 1.807) is 17.7 Å². The van der Waals surface area contributed by atoms with Gasteiger partial charge in [-0.1, -0.05) is 6.92 Å². The first kappa shape index (κ1) is 16.9. The highest BCUT2D eigenvalue weighted by Gasteiger charge is 2.29. The van der Waals surface area contributed by atoms with Crippen molar-refractivity contribution in [2.45, 2.75) is 39.0 Å². The number of ether oxygens (including phenoxy) is 1. The predicted molar refractivity (Wildman–Crippen MR) is 92.0 cm³/mol. The van der Waals surface area contributed by atoms with Crippen LogP contribution in [-0.4, -0.2) is 51.4 Å². The lowest BCUT2D eigenvalue weighted by Crippen LogP contribution is -2.50. The van der Waals surface area contributed by atoms with Crippen molar-refractivity contribution in [3.63, 3.8) is 0 Å². The molecule has 2 aromatic heterocycles. The summed E-state index contributed by atoms with van der Waals surface area (Å²) in [5, 5.41) is 15.0. The van der Waals surface area contributed by atoms with Crippen molar-refractivity contribution in [3.8, 4) is 0 Å². The van der Waals surface area contributed by atoms with Gasteiger partial charge in [0, 0.05) is 26.1 Å². The Kier molecular flexibility index (Phi) is 5.47. The SMILES string of the molecule is CCc1nncn1CCNC(=O)N1C[C@@H](C)O[C@H](c2ccsc2)C1. The highest BCUT2D eigenvalue weighted by Crippen LogP contribution is 2.26. The van der Waals surface area contributed by atoms with Crippen LogP contribution in [0.1, 0.15) is 31.3 Å². The molecule has 0 bridgehead atoms. The molecule has 3 heterocycles. The van der Waals surface area contributed by atoms with Gasteiger partial charge in [-0.25, -0.2) is 4.79 Å². The third-order valence-electron chi connectivity index (χ3n) is 4.10. The minimum absolute atomic E-state index is 0.0268. The van der Waals surface area contributed by atoms with Crippen LogP contribution in [0.3, 0.4) is 0 Å². The van der Waals surface area contributed by atoms with Gasteiger partial charge in [0.1, 0.15) is 18.3 Å². The van der Waals surface area contributed by atoms with E-state index in [4.69, 9.17) is 4.74 Å². The molecular weight excluding hydrogens is 326 g/mol. The maximum Gasteiger partial charge on any atom is 0.317 e. The smallest absolute Gasteiger partial charge is 0.317 e. The third kappa shape index (κ3) is 3.93. The highest BCUT2D eigenvalue weighted by atomic mass is 32.1. The topological polar surface area (TPSA) is 72.3 Å². The summed E-state index contributed by atoms with van der Waals surface area (Å²) in [5.41, 5.74) is 1.14. The molecule has 2 aromatic rings. The van der Waals surface area contributed by atoms with Crippen LogP contribution in [0.5, 0.6) is 0 Å². The molecule has 2 atom stereocenters. The lowest BCUT2D eigenvalue weighted by atomic mass is 10.1. The Bertz CT molecular complexity index is 657. The van der Waals surface area contributed by atoms with Crippen molar-refractivity contribution in [1.29, 1.82) is 0 Å². The summed E-state index contributed by atoms with van der Waals surface area (Å²) in [7, 11) is 0. The second-order valence-corrected chi connectivity index (χ2v) is 6.70. The summed E-state index contributed by atoms with van der Waals surface area (Å²) in [5.74, 6) is 0.932. The van der Waals surface area contributed by atoms with Crippen molar-refractivity contribution in [3.05, 3.63) is 34.5 Å². The summed E-state index contributed by atoms with van der Waals surface area (Å²) in [6.45, 7) is 6.47. The Morgan fingerprint density at radius 2 is 2.38 bits per heavy atom. The number of hydrogen-bond donors (Lipinski definition) is 1. The Morgan fingerprint density at radius 1 is 1.50 bits per heavy atom. The average molecular weight is 349 g/mol. The van der Waals surface area contributed by atoms with Crippen LogP contribution in [-0.2, 0) is 17.7 Å². The van der Waals surface area contributed by atoms with Gasteiger partial charge >= 0.3 is 6.03 Å². The number of aryl methyl sites for hydroxylation is 1. The molecule has 3 rings (SSSR count). The average Bonchev–Trinajstić information content (AvgIpc) is 3.25. The van der Waals surface area contributed by atoms with E-state index in [1.165, 1.54) is 0 Å². The third-order valence-corrected chi connectivity index (χ3v) is 4.80.